The molecule has 2 N–H and O–H groups in total. The fourth-order valence-corrected chi connectivity index (χ4v) is 2.70. The highest BCUT2D eigenvalue weighted by molar-refractivity contribution is 7.80. The van der Waals surface area contributed by atoms with Gasteiger partial charge in [-0.2, -0.15) is 0 Å². The Morgan fingerprint density at radius 1 is 0.778 bits per heavy atom. The topological polar surface area (TPSA) is 70.2 Å². The van der Waals surface area contributed by atoms with Crippen LogP contribution in [0.3, 0.4) is 0 Å². The molecule has 0 saturated heterocycles. The summed E-state index contributed by atoms with van der Waals surface area (Å²) in [7, 11) is 7.91. The van der Waals surface area contributed by atoms with E-state index in [1.807, 2.05) is 30.3 Å². The van der Waals surface area contributed by atoms with Crippen molar-refractivity contribution < 1.29 is 23.7 Å². The smallest absolute Gasteiger partial charge is 0.203 e. The molecule has 0 spiro atoms. The second-order valence-electron chi connectivity index (χ2n) is 5.41. The lowest BCUT2D eigenvalue weighted by molar-refractivity contribution is 0.323. The van der Waals surface area contributed by atoms with Gasteiger partial charge in [0.15, 0.2) is 28.1 Å². The summed E-state index contributed by atoms with van der Waals surface area (Å²) in [5.41, 5.74) is 1.72. The lowest BCUT2D eigenvalue weighted by Crippen LogP contribution is -2.27. The van der Waals surface area contributed by atoms with E-state index in [1.165, 1.54) is 0 Å². The SMILES string of the molecule is COc1ccc(NC(=S)NCc2cc(OC)c(OC)c(OC)c2)cc1OC. The Kier molecular flexibility index (Phi) is 7.36. The molecule has 7 nitrogen and oxygen atoms in total. The summed E-state index contributed by atoms with van der Waals surface area (Å²) in [6, 6.07) is 9.21. The van der Waals surface area contributed by atoms with E-state index in [-0.39, 0.29) is 0 Å². The minimum atomic E-state index is 0.468. The molecule has 0 atom stereocenters. The normalized spacial score (nSPS) is 9.96. The van der Waals surface area contributed by atoms with E-state index < -0.39 is 0 Å². The summed E-state index contributed by atoms with van der Waals surface area (Å²) in [5.74, 6) is 3.00. The molecular formula is C19H24N2O5S. The molecule has 146 valence electrons. The number of methoxy groups -OCH3 is 5. The van der Waals surface area contributed by atoms with E-state index in [4.69, 9.17) is 35.9 Å². The van der Waals surface area contributed by atoms with Gasteiger partial charge in [0.05, 0.1) is 35.5 Å². The van der Waals surface area contributed by atoms with Crippen LogP contribution in [0, 0.1) is 0 Å². The van der Waals surface area contributed by atoms with Gasteiger partial charge < -0.3 is 34.3 Å². The lowest BCUT2D eigenvalue weighted by Gasteiger charge is -2.16. The molecule has 0 heterocycles. The Bertz CT molecular complexity index is 773. The molecule has 0 unspecified atom stereocenters. The monoisotopic (exact) mass is 392 g/mol. The van der Waals surface area contributed by atoms with Crippen molar-refractivity contribution in [1.82, 2.24) is 5.32 Å². The maximum Gasteiger partial charge on any atom is 0.203 e. The Morgan fingerprint density at radius 3 is 1.89 bits per heavy atom. The Hall–Kier alpha value is -2.87. The summed E-state index contributed by atoms with van der Waals surface area (Å²) in [5, 5.41) is 6.73. The molecule has 2 aromatic carbocycles. The van der Waals surface area contributed by atoms with Crippen molar-refractivity contribution in [3.8, 4) is 28.7 Å². The van der Waals surface area contributed by atoms with Gasteiger partial charge in [0, 0.05) is 18.3 Å². The summed E-state index contributed by atoms with van der Waals surface area (Å²) in [6.45, 7) is 0.482. The molecule has 2 aromatic rings. The molecule has 0 fully saturated rings. The second kappa shape index (κ2) is 9.72. The van der Waals surface area contributed by atoms with Gasteiger partial charge >= 0.3 is 0 Å². The summed E-state index contributed by atoms with van der Waals surface area (Å²) >= 11 is 5.37. The summed E-state index contributed by atoms with van der Waals surface area (Å²) in [4.78, 5) is 0. The van der Waals surface area contributed by atoms with Crippen LogP contribution in [0.4, 0.5) is 5.69 Å². The molecule has 2 rings (SSSR count). The van der Waals surface area contributed by atoms with Crippen molar-refractivity contribution in [3.05, 3.63) is 35.9 Å². The molecule has 0 amide bonds. The van der Waals surface area contributed by atoms with Crippen molar-refractivity contribution in [1.29, 1.82) is 0 Å². The standard InChI is InChI=1S/C19H24N2O5S/c1-22-14-7-6-13(10-15(14)23-2)21-19(27)20-11-12-8-16(24-3)18(26-5)17(9-12)25-4/h6-10H,11H2,1-5H3,(H2,20,21,27). The average molecular weight is 392 g/mol. The zero-order chi connectivity index (χ0) is 19.8. The van der Waals surface area contributed by atoms with Gasteiger partial charge in [0.1, 0.15) is 0 Å². The largest absolute Gasteiger partial charge is 0.493 e. The van der Waals surface area contributed by atoms with Gasteiger partial charge in [0.2, 0.25) is 5.75 Å². The molecular weight excluding hydrogens is 368 g/mol. The summed E-state index contributed by atoms with van der Waals surface area (Å²) in [6.07, 6.45) is 0. The number of rotatable bonds is 8. The van der Waals surface area contributed by atoms with Gasteiger partial charge in [-0.25, -0.2) is 0 Å². The van der Waals surface area contributed by atoms with Gasteiger partial charge in [0.25, 0.3) is 0 Å². The zero-order valence-corrected chi connectivity index (χ0v) is 16.9. The van der Waals surface area contributed by atoms with Crippen LogP contribution in [0.1, 0.15) is 5.56 Å². The third-order valence-corrected chi connectivity index (χ3v) is 4.07. The Balaban J connectivity index is 2.05. The van der Waals surface area contributed by atoms with E-state index in [1.54, 1.807) is 35.5 Å². The summed E-state index contributed by atoms with van der Waals surface area (Å²) < 4.78 is 26.6. The predicted octanol–water partition coefficient (Wildman–Crippen LogP) is 3.22. The van der Waals surface area contributed by atoms with Gasteiger partial charge in [-0.3, -0.25) is 0 Å². The van der Waals surface area contributed by atoms with E-state index in [2.05, 4.69) is 10.6 Å². The molecule has 0 saturated carbocycles. The van der Waals surface area contributed by atoms with E-state index in [0.29, 0.717) is 40.4 Å². The highest BCUT2D eigenvalue weighted by atomic mass is 32.1. The Labute approximate surface area is 164 Å². The number of hydrogen-bond acceptors (Lipinski definition) is 6. The first-order valence-electron chi connectivity index (χ1n) is 8.12. The number of ether oxygens (including phenoxy) is 5. The predicted molar refractivity (Wildman–Crippen MR) is 109 cm³/mol. The number of hydrogen-bond donors (Lipinski definition) is 2. The number of thiocarbonyl (C=S) groups is 1. The van der Waals surface area contributed by atoms with E-state index >= 15 is 0 Å². The zero-order valence-electron chi connectivity index (χ0n) is 16.0. The van der Waals surface area contributed by atoms with Crippen molar-refractivity contribution in [3.63, 3.8) is 0 Å². The third-order valence-electron chi connectivity index (χ3n) is 3.82. The second-order valence-corrected chi connectivity index (χ2v) is 5.82. The van der Waals surface area contributed by atoms with Crippen molar-refractivity contribution in [2.75, 3.05) is 40.9 Å². The van der Waals surface area contributed by atoms with Crippen LogP contribution in [-0.2, 0) is 6.54 Å². The van der Waals surface area contributed by atoms with Crippen molar-refractivity contribution in [2.24, 2.45) is 0 Å². The quantitative estimate of drug-likeness (QED) is 0.664. The van der Waals surface area contributed by atoms with Crippen molar-refractivity contribution >= 4 is 23.0 Å². The fourth-order valence-electron chi connectivity index (χ4n) is 2.51. The molecule has 8 heteroatoms. The van der Waals surface area contributed by atoms with Crippen LogP contribution >= 0.6 is 12.2 Å². The van der Waals surface area contributed by atoms with Crippen LogP contribution in [-0.4, -0.2) is 40.7 Å². The third kappa shape index (κ3) is 5.07. The molecule has 0 bridgehead atoms. The van der Waals surface area contributed by atoms with Crippen LogP contribution < -0.4 is 34.3 Å². The van der Waals surface area contributed by atoms with Gasteiger partial charge in [-0.05, 0) is 42.0 Å². The Morgan fingerprint density at radius 2 is 1.37 bits per heavy atom. The number of nitrogens with one attached hydrogen (secondary N) is 2. The highest BCUT2D eigenvalue weighted by Crippen LogP contribution is 2.38. The highest BCUT2D eigenvalue weighted by Gasteiger charge is 2.13. The van der Waals surface area contributed by atoms with Gasteiger partial charge in [-0.15, -0.1) is 0 Å². The minimum absolute atomic E-state index is 0.468. The molecule has 0 aliphatic carbocycles. The van der Waals surface area contributed by atoms with Crippen molar-refractivity contribution in [2.45, 2.75) is 6.54 Å². The van der Waals surface area contributed by atoms with E-state index in [0.717, 1.165) is 11.3 Å². The maximum absolute atomic E-state index is 5.37. The van der Waals surface area contributed by atoms with Gasteiger partial charge in [-0.1, -0.05) is 0 Å². The van der Waals surface area contributed by atoms with Crippen LogP contribution in [0.2, 0.25) is 0 Å². The van der Waals surface area contributed by atoms with Crippen LogP contribution in [0.5, 0.6) is 28.7 Å². The number of anilines is 1. The first-order chi connectivity index (χ1) is 13.1. The first kappa shape index (κ1) is 20.4. The first-order valence-corrected chi connectivity index (χ1v) is 8.52. The van der Waals surface area contributed by atoms with E-state index in [9.17, 15) is 0 Å². The molecule has 0 aromatic heterocycles. The molecule has 0 aliphatic rings. The minimum Gasteiger partial charge on any atom is -0.493 e. The number of benzene rings is 2. The fraction of sp³-hybridized carbons (Fsp3) is 0.316. The molecule has 0 radical (unpaired) electrons. The van der Waals surface area contributed by atoms with Crippen LogP contribution in [0.15, 0.2) is 30.3 Å². The molecule has 0 aliphatic heterocycles. The maximum atomic E-state index is 5.37. The average Bonchev–Trinajstić information content (AvgIpc) is 2.71. The molecule has 27 heavy (non-hydrogen) atoms. The van der Waals surface area contributed by atoms with Crippen LogP contribution in [0.25, 0.3) is 0 Å². The lowest BCUT2D eigenvalue weighted by atomic mass is 10.2.